The fourth-order valence-corrected chi connectivity index (χ4v) is 2.81. The predicted molar refractivity (Wildman–Crippen MR) is 70.7 cm³/mol. The summed E-state index contributed by atoms with van der Waals surface area (Å²) in [5.74, 6) is 0.674. The third kappa shape index (κ3) is 4.14. The summed E-state index contributed by atoms with van der Waals surface area (Å²) in [5, 5.41) is 9.46. The highest BCUT2D eigenvalue weighted by Gasteiger charge is 2.20. The molecule has 0 saturated carbocycles. The normalized spacial score (nSPS) is 23.5. The average molecular weight is 233 g/mol. The molecule has 0 amide bonds. The quantitative estimate of drug-likeness (QED) is 0.864. The fraction of sp³-hybridized carbons (Fsp3) is 0.600. The van der Waals surface area contributed by atoms with Crippen LogP contribution in [-0.4, -0.2) is 29.2 Å². The van der Waals surface area contributed by atoms with E-state index in [1.165, 1.54) is 24.9 Å². The molecule has 2 atom stereocenters. The first-order valence-corrected chi connectivity index (χ1v) is 6.68. The van der Waals surface area contributed by atoms with Crippen LogP contribution in [0.5, 0.6) is 0 Å². The first kappa shape index (κ1) is 12.6. The maximum atomic E-state index is 9.46. The van der Waals surface area contributed by atoms with Crippen molar-refractivity contribution < 1.29 is 5.11 Å². The summed E-state index contributed by atoms with van der Waals surface area (Å²) in [4.78, 5) is 2.52. The molecule has 1 aliphatic heterocycles. The molecule has 2 nitrogen and oxygen atoms in total. The Morgan fingerprint density at radius 2 is 2.12 bits per heavy atom. The van der Waals surface area contributed by atoms with Crippen molar-refractivity contribution >= 4 is 0 Å². The van der Waals surface area contributed by atoms with Crippen LogP contribution in [-0.2, 0) is 6.54 Å². The first-order valence-electron chi connectivity index (χ1n) is 6.68. The number of nitrogens with zero attached hydrogens (tertiary/aromatic N) is 1. The van der Waals surface area contributed by atoms with Gasteiger partial charge in [0.05, 0.1) is 6.10 Å². The smallest absolute Gasteiger partial charge is 0.0515 e. The van der Waals surface area contributed by atoms with Gasteiger partial charge < -0.3 is 5.11 Å². The number of hydrogen-bond acceptors (Lipinski definition) is 2. The van der Waals surface area contributed by atoms with E-state index in [0.29, 0.717) is 5.92 Å². The van der Waals surface area contributed by atoms with Gasteiger partial charge in [-0.05, 0) is 44.2 Å². The molecule has 17 heavy (non-hydrogen) atoms. The Bertz CT molecular complexity index is 323. The molecule has 0 bridgehead atoms. The van der Waals surface area contributed by atoms with Gasteiger partial charge in [0, 0.05) is 13.1 Å². The second kappa shape index (κ2) is 6.18. The Hall–Kier alpha value is -0.860. The van der Waals surface area contributed by atoms with Gasteiger partial charge in [-0.25, -0.2) is 0 Å². The van der Waals surface area contributed by atoms with Crippen molar-refractivity contribution in [3.63, 3.8) is 0 Å². The fourth-order valence-electron chi connectivity index (χ4n) is 2.81. The zero-order valence-corrected chi connectivity index (χ0v) is 10.7. The van der Waals surface area contributed by atoms with E-state index in [4.69, 9.17) is 0 Å². The number of aliphatic hydroxyl groups excluding tert-OH is 1. The van der Waals surface area contributed by atoms with Crippen LogP contribution in [0, 0.1) is 5.92 Å². The van der Waals surface area contributed by atoms with E-state index < -0.39 is 0 Å². The molecule has 1 N–H and O–H groups in total. The van der Waals surface area contributed by atoms with E-state index in [2.05, 4.69) is 35.2 Å². The summed E-state index contributed by atoms with van der Waals surface area (Å²) < 4.78 is 0. The molecule has 0 spiro atoms. The van der Waals surface area contributed by atoms with Gasteiger partial charge in [-0.1, -0.05) is 30.3 Å². The minimum absolute atomic E-state index is 0.156. The van der Waals surface area contributed by atoms with Gasteiger partial charge >= 0.3 is 0 Å². The Labute approximate surface area is 104 Å². The second-order valence-corrected chi connectivity index (χ2v) is 5.31. The van der Waals surface area contributed by atoms with Crippen molar-refractivity contribution in [3.05, 3.63) is 35.9 Å². The minimum atomic E-state index is -0.156. The first-order chi connectivity index (χ1) is 8.24. The van der Waals surface area contributed by atoms with Crippen molar-refractivity contribution in [2.45, 2.75) is 38.8 Å². The number of piperidine rings is 1. The van der Waals surface area contributed by atoms with Crippen LogP contribution in [0.2, 0.25) is 0 Å². The lowest BCUT2D eigenvalue weighted by molar-refractivity contribution is 0.107. The zero-order valence-electron chi connectivity index (χ0n) is 10.7. The Kier molecular flexibility index (Phi) is 4.57. The van der Waals surface area contributed by atoms with Crippen LogP contribution in [0.15, 0.2) is 30.3 Å². The van der Waals surface area contributed by atoms with E-state index in [1.54, 1.807) is 0 Å². The van der Waals surface area contributed by atoms with E-state index in [9.17, 15) is 5.11 Å². The van der Waals surface area contributed by atoms with Crippen molar-refractivity contribution in [3.8, 4) is 0 Å². The molecule has 94 valence electrons. The maximum Gasteiger partial charge on any atom is 0.0515 e. The molecule has 1 heterocycles. The highest BCUT2D eigenvalue weighted by molar-refractivity contribution is 5.14. The van der Waals surface area contributed by atoms with Crippen molar-refractivity contribution in [2.75, 3.05) is 13.1 Å². The van der Waals surface area contributed by atoms with Gasteiger partial charge in [-0.2, -0.15) is 0 Å². The lowest BCUT2D eigenvalue weighted by Crippen LogP contribution is -2.35. The molecular weight excluding hydrogens is 210 g/mol. The third-order valence-electron chi connectivity index (χ3n) is 3.53. The van der Waals surface area contributed by atoms with Gasteiger partial charge in [0.1, 0.15) is 0 Å². The molecule has 1 aromatic rings. The Morgan fingerprint density at radius 3 is 2.82 bits per heavy atom. The summed E-state index contributed by atoms with van der Waals surface area (Å²) in [6.45, 7) is 5.29. The summed E-state index contributed by atoms with van der Waals surface area (Å²) in [6, 6.07) is 10.7. The van der Waals surface area contributed by atoms with Gasteiger partial charge in [0.25, 0.3) is 0 Å². The molecule has 1 saturated heterocycles. The monoisotopic (exact) mass is 233 g/mol. The topological polar surface area (TPSA) is 23.5 Å². The molecule has 0 aromatic heterocycles. The van der Waals surface area contributed by atoms with E-state index in [0.717, 1.165) is 19.5 Å². The maximum absolute atomic E-state index is 9.46. The Balaban J connectivity index is 1.85. The van der Waals surface area contributed by atoms with Crippen LogP contribution < -0.4 is 0 Å². The van der Waals surface area contributed by atoms with Crippen molar-refractivity contribution in [1.82, 2.24) is 4.90 Å². The summed E-state index contributed by atoms with van der Waals surface area (Å²) in [5.41, 5.74) is 1.39. The van der Waals surface area contributed by atoms with Crippen LogP contribution >= 0.6 is 0 Å². The van der Waals surface area contributed by atoms with Crippen LogP contribution in [0.3, 0.4) is 0 Å². The van der Waals surface area contributed by atoms with Crippen molar-refractivity contribution in [1.29, 1.82) is 0 Å². The minimum Gasteiger partial charge on any atom is -0.393 e. The van der Waals surface area contributed by atoms with E-state index in [1.807, 2.05) is 6.92 Å². The number of benzene rings is 1. The second-order valence-electron chi connectivity index (χ2n) is 5.31. The van der Waals surface area contributed by atoms with Crippen LogP contribution in [0.25, 0.3) is 0 Å². The number of rotatable bonds is 4. The number of aliphatic hydroxyl groups is 1. The molecule has 2 heteroatoms. The summed E-state index contributed by atoms with van der Waals surface area (Å²) >= 11 is 0. The lowest BCUT2D eigenvalue weighted by Gasteiger charge is -2.33. The highest BCUT2D eigenvalue weighted by Crippen LogP contribution is 2.22. The predicted octanol–water partition coefficient (Wildman–Crippen LogP) is 2.67. The number of hydrogen-bond donors (Lipinski definition) is 1. The van der Waals surface area contributed by atoms with E-state index >= 15 is 0 Å². The molecule has 1 aliphatic rings. The zero-order chi connectivity index (χ0) is 12.1. The van der Waals surface area contributed by atoms with Gasteiger partial charge in [-0.3, -0.25) is 4.90 Å². The van der Waals surface area contributed by atoms with E-state index in [-0.39, 0.29) is 6.10 Å². The standard InChI is InChI=1S/C15H23NO/c1-13(17)10-15-8-5-9-16(12-15)11-14-6-3-2-4-7-14/h2-4,6-7,13,15,17H,5,8-12H2,1H3. The molecule has 2 rings (SSSR count). The summed E-state index contributed by atoms with van der Waals surface area (Å²) in [6.07, 6.45) is 3.34. The molecule has 0 radical (unpaired) electrons. The number of likely N-dealkylation sites (tertiary alicyclic amines) is 1. The van der Waals surface area contributed by atoms with Crippen LogP contribution in [0.1, 0.15) is 31.7 Å². The largest absolute Gasteiger partial charge is 0.393 e. The molecule has 0 aliphatic carbocycles. The molecular formula is C15H23NO. The molecule has 2 unspecified atom stereocenters. The van der Waals surface area contributed by atoms with Gasteiger partial charge in [0.2, 0.25) is 0 Å². The third-order valence-corrected chi connectivity index (χ3v) is 3.53. The lowest BCUT2D eigenvalue weighted by atomic mass is 9.92. The Morgan fingerprint density at radius 1 is 1.35 bits per heavy atom. The van der Waals surface area contributed by atoms with Gasteiger partial charge in [-0.15, -0.1) is 0 Å². The van der Waals surface area contributed by atoms with Crippen molar-refractivity contribution in [2.24, 2.45) is 5.92 Å². The van der Waals surface area contributed by atoms with Crippen LogP contribution in [0.4, 0.5) is 0 Å². The van der Waals surface area contributed by atoms with Gasteiger partial charge in [0.15, 0.2) is 0 Å². The summed E-state index contributed by atoms with van der Waals surface area (Å²) in [7, 11) is 0. The molecule has 1 aromatic carbocycles. The highest BCUT2D eigenvalue weighted by atomic mass is 16.3. The SMILES string of the molecule is CC(O)CC1CCCN(Cc2ccccc2)C1. The average Bonchev–Trinajstić information content (AvgIpc) is 2.30. The molecule has 1 fully saturated rings.